The number of thiophene rings is 1. The van der Waals surface area contributed by atoms with Crippen LogP contribution in [-0.4, -0.2) is 89.1 Å². The summed E-state index contributed by atoms with van der Waals surface area (Å²) in [7, 11) is 0. The van der Waals surface area contributed by atoms with E-state index in [-0.39, 0.29) is 62.1 Å². The number of nitrogens with one attached hydrogen (secondary N) is 2. The van der Waals surface area contributed by atoms with Crippen LogP contribution in [0.1, 0.15) is 68.4 Å². The van der Waals surface area contributed by atoms with Crippen molar-refractivity contribution in [3.8, 4) is 0 Å². The third-order valence-electron chi connectivity index (χ3n) is 9.93. The van der Waals surface area contributed by atoms with Crippen LogP contribution in [-0.2, 0) is 30.2 Å². The molecule has 3 N–H and O–H groups in total. The van der Waals surface area contributed by atoms with E-state index in [0.717, 1.165) is 28.4 Å². The van der Waals surface area contributed by atoms with Crippen LogP contribution >= 0.6 is 34.9 Å². The number of fused-ring (bicyclic) bond motifs is 2. The minimum atomic E-state index is -4.73. The Labute approximate surface area is 355 Å². The van der Waals surface area contributed by atoms with Crippen molar-refractivity contribution >= 4 is 68.4 Å². The zero-order chi connectivity index (χ0) is 43.6. The van der Waals surface area contributed by atoms with Gasteiger partial charge in [0.05, 0.1) is 39.2 Å². The van der Waals surface area contributed by atoms with Gasteiger partial charge in [-0.3, -0.25) is 14.6 Å². The lowest BCUT2D eigenvalue weighted by Crippen LogP contribution is -2.39. The quantitative estimate of drug-likeness (QED) is 0.0504. The molecule has 5 aromatic heterocycles. The average molecular weight is 908 g/mol. The number of halogens is 7. The minimum absolute atomic E-state index is 0.0229. The van der Waals surface area contributed by atoms with Gasteiger partial charge in [0.2, 0.25) is 11.6 Å². The highest BCUT2D eigenvalue weighted by Crippen LogP contribution is 2.38. The number of hydrogen-bond acceptors (Lipinski definition) is 14. The number of carbonyl (C=O) groups is 2. The summed E-state index contributed by atoms with van der Waals surface area (Å²) >= 11 is 3.07. The third kappa shape index (κ3) is 10.0. The van der Waals surface area contributed by atoms with Crippen LogP contribution in [0.5, 0.6) is 0 Å². The Morgan fingerprint density at radius 2 is 1.46 bits per heavy atom. The number of hydrogen-bond donors (Lipinski definition) is 3. The Bertz CT molecular complexity index is 2540. The predicted octanol–water partition coefficient (Wildman–Crippen LogP) is 7.65. The number of para-hydroxylation sites is 1. The Kier molecular flexibility index (Phi) is 13.1. The number of Topliss-reactive ketones (excluding diaryl/α,β-unsaturated/α-hetero) is 2. The van der Waals surface area contributed by atoms with Gasteiger partial charge in [0.15, 0.2) is 22.9 Å². The molecule has 0 radical (unpaired) electrons. The molecule has 0 amide bonds. The molecule has 2 saturated heterocycles. The van der Waals surface area contributed by atoms with Crippen molar-refractivity contribution in [3.05, 3.63) is 93.6 Å². The number of carbonyl (C=O) groups excluding carboxylic acids is 2. The summed E-state index contributed by atoms with van der Waals surface area (Å²) in [6.45, 7) is 4.20. The minimum Gasteiger partial charge on any atom is -0.384 e. The number of aryl methyl sites for hydroxylation is 1. The van der Waals surface area contributed by atoms with Crippen molar-refractivity contribution in [2.45, 2.75) is 66.4 Å². The van der Waals surface area contributed by atoms with Gasteiger partial charge in [0.25, 0.3) is 0 Å². The van der Waals surface area contributed by atoms with Crippen molar-refractivity contribution in [2.75, 3.05) is 37.7 Å². The van der Waals surface area contributed by atoms with Gasteiger partial charge in [0.1, 0.15) is 15.7 Å². The van der Waals surface area contributed by atoms with E-state index in [4.69, 9.17) is 0 Å². The van der Waals surface area contributed by atoms with Gasteiger partial charge in [-0.2, -0.15) is 31.4 Å². The molecule has 2 aliphatic rings. The standard InChI is InChI=1S/C20H18F3N3O2S2.C19H18F4N6OS/c21-20(22,23)18-25-13-4-2-1-3-12(13)17(26-18)29-11-14(27)15-5-6-16(30-15)19(28)7-9-24-10-8-19;1-2-29-15-12(8-26-29)16(28-17(27-15)19(21,22)23)31-9-13(30)11-3-4-14(25-7-11)18(20)5-6-24-10-18/h1-6,24,28H,7-11H2;3-4,7-8,24H,2,5-6,9-10H2,1H3. The van der Waals surface area contributed by atoms with E-state index >= 15 is 0 Å². The highest BCUT2D eigenvalue weighted by Gasteiger charge is 2.39. The van der Waals surface area contributed by atoms with E-state index in [0.29, 0.717) is 61.1 Å². The molecule has 2 fully saturated rings. The molecule has 7 heterocycles. The first kappa shape index (κ1) is 44.4. The molecule has 322 valence electrons. The van der Waals surface area contributed by atoms with Gasteiger partial charge in [-0.1, -0.05) is 41.7 Å². The van der Waals surface area contributed by atoms with Crippen molar-refractivity contribution in [1.82, 2.24) is 45.3 Å². The molecule has 1 unspecified atom stereocenters. The molecule has 0 aliphatic carbocycles. The second kappa shape index (κ2) is 18.0. The van der Waals surface area contributed by atoms with Gasteiger partial charge in [-0.25, -0.2) is 29.0 Å². The second-order valence-corrected chi connectivity index (χ2v) is 17.1. The summed E-state index contributed by atoms with van der Waals surface area (Å²) in [5, 5.41) is 21.9. The van der Waals surface area contributed by atoms with Crippen molar-refractivity contribution in [2.24, 2.45) is 0 Å². The fourth-order valence-electron chi connectivity index (χ4n) is 6.63. The molecule has 22 heteroatoms. The zero-order valence-corrected chi connectivity index (χ0v) is 34.6. The lowest BCUT2D eigenvalue weighted by atomic mass is 9.91. The number of thioether (sulfide) groups is 2. The molecule has 1 aromatic carbocycles. The summed E-state index contributed by atoms with van der Waals surface area (Å²) in [5.74, 6) is -3.30. The smallest absolute Gasteiger partial charge is 0.384 e. The molecule has 12 nitrogen and oxygen atoms in total. The average Bonchev–Trinajstić information content (AvgIpc) is 4.03. The molecule has 6 aromatic rings. The van der Waals surface area contributed by atoms with Crippen molar-refractivity contribution in [1.29, 1.82) is 0 Å². The molecule has 0 saturated carbocycles. The normalized spacial score (nSPS) is 18.0. The van der Waals surface area contributed by atoms with Crippen LogP contribution < -0.4 is 10.6 Å². The highest BCUT2D eigenvalue weighted by atomic mass is 32.2. The largest absolute Gasteiger partial charge is 0.451 e. The maximum Gasteiger partial charge on any atom is 0.451 e. The molecule has 8 rings (SSSR count). The number of piperidine rings is 1. The number of pyridine rings is 1. The van der Waals surface area contributed by atoms with Crippen LogP contribution in [0.25, 0.3) is 21.9 Å². The van der Waals surface area contributed by atoms with Crippen LogP contribution in [0.15, 0.2) is 71.0 Å². The lowest BCUT2D eigenvalue weighted by molar-refractivity contribution is -0.145. The summed E-state index contributed by atoms with van der Waals surface area (Å²) in [6.07, 6.45) is -5.27. The highest BCUT2D eigenvalue weighted by molar-refractivity contribution is 8.00. The first-order valence-electron chi connectivity index (χ1n) is 18.8. The predicted molar refractivity (Wildman–Crippen MR) is 215 cm³/mol. The molecular formula is C39H36F7N9O3S3. The van der Waals surface area contributed by atoms with Crippen LogP contribution in [0.3, 0.4) is 0 Å². The number of nitrogens with zero attached hydrogens (tertiary/aromatic N) is 7. The zero-order valence-electron chi connectivity index (χ0n) is 32.1. The van der Waals surface area contributed by atoms with E-state index in [1.54, 1.807) is 37.3 Å². The van der Waals surface area contributed by atoms with E-state index in [1.807, 2.05) is 0 Å². The molecule has 0 bridgehead atoms. The van der Waals surface area contributed by atoms with Crippen LogP contribution in [0, 0.1) is 0 Å². The number of aromatic nitrogens is 7. The molecule has 61 heavy (non-hydrogen) atoms. The van der Waals surface area contributed by atoms with Crippen molar-refractivity contribution < 1.29 is 45.4 Å². The summed E-state index contributed by atoms with van der Waals surface area (Å²) in [6, 6.07) is 12.8. The van der Waals surface area contributed by atoms with E-state index in [2.05, 4.69) is 40.7 Å². The molecule has 2 aliphatic heterocycles. The summed E-state index contributed by atoms with van der Waals surface area (Å²) in [5.41, 5.74) is -1.76. The monoisotopic (exact) mass is 907 g/mol. The SMILES string of the molecule is CCn1ncc2c(SCC(=O)c3ccc(C4(F)CCNC4)nc3)nc(C(F)(F)F)nc21.O=C(CSc1nc(C(F)(F)F)nc2ccccc12)c1ccc(C2(O)CCNCC2)s1. The van der Waals surface area contributed by atoms with Gasteiger partial charge in [0, 0.05) is 41.5 Å². The number of rotatable bonds is 11. The number of benzene rings is 1. The van der Waals surface area contributed by atoms with Gasteiger partial charge >= 0.3 is 12.4 Å². The fraction of sp³-hybridized carbons (Fsp3) is 0.385. The number of alkyl halides is 7. The van der Waals surface area contributed by atoms with Crippen molar-refractivity contribution in [3.63, 3.8) is 0 Å². The topological polar surface area (TPSA) is 161 Å². The fourth-order valence-corrected chi connectivity index (χ4v) is 9.60. The van der Waals surface area contributed by atoms with Gasteiger partial charge < -0.3 is 15.7 Å². The first-order valence-corrected chi connectivity index (χ1v) is 21.6. The number of aliphatic hydroxyl groups is 1. The maximum atomic E-state index is 14.7. The van der Waals surface area contributed by atoms with Gasteiger partial charge in [-0.15, -0.1) is 11.3 Å². The lowest BCUT2D eigenvalue weighted by Gasteiger charge is -2.31. The Hall–Kier alpha value is -4.61. The third-order valence-corrected chi connectivity index (χ3v) is 13.2. The summed E-state index contributed by atoms with van der Waals surface area (Å²) in [4.78, 5) is 45.0. The van der Waals surface area contributed by atoms with E-state index in [1.165, 1.54) is 46.6 Å². The Balaban J connectivity index is 0.000000184. The second-order valence-electron chi connectivity index (χ2n) is 14.1. The van der Waals surface area contributed by atoms with Crippen LogP contribution in [0.4, 0.5) is 30.7 Å². The number of ketones is 2. The summed E-state index contributed by atoms with van der Waals surface area (Å²) < 4.78 is 95.2. The molecule has 1 atom stereocenters. The Morgan fingerprint density at radius 3 is 2.10 bits per heavy atom. The Morgan fingerprint density at radius 1 is 0.803 bits per heavy atom. The van der Waals surface area contributed by atoms with Gasteiger partial charge in [-0.05, 0) is 69.7 Å². The van der Waals surface area contributed by atoms with E-state index in [9.17, 15) is 45.4 Å². The van der Waals surface area contributed by atoms with Crippen LogP contribution in [0.2, 0.25) is 0 Å². The first-order chi connectivity index (χ1) is 29.0. The molecule has 0 spiro atoms. The molecular weight excluding hydrogens is 872 g/mol. The van der Waals surface area contributed by atoms with E-state index < -0.39 is 35.3 Å². The maximum absolute atomic E-state index is 14.7.